The Balaban J connectivity index is 1.29. The number of nitrogens with one attached hydrogen (secondary N) is 1. The van der Waals surface area contributed by atoms with Crippen LogP contribution >= 0.6 is 0 Å². The normalized spacial score (nSPS) is 15.9. The molecule has 10 nitrogen and oxygen atoms in total. The fourth-order valence-corrected chi connectivity index (χ4v) is 4.68. The average Bonchev–Trinajstić information content (AvgIpc) is 3.43. The molecule has 0 aliphatic carbocycles. The van der Waals surface area contributed by atoms with Gasteiger partial charge in [-0.3, -0.25) is 9.58 Å². The highest BCUT2D eigenvalue weighted by Gasteiger charge is 2.32. The summed E-state index contributed by atoms with van der Waals surface area (Å²) in [6, 6.07) is 4.71. The first-order chi connectivity index (χ1) is 17.1. The Labute approximate surface area is 208 Å². The van der Waals surface area contributed by atoms with E-state index in [0.717, 1.165) is 11.3 Å². The first-order valence-corrected chi connectivity index (χ1v) is 12.0. The molecule has 0 unspecified atom stereocenters. The summed E-state index contributed by atoms with van der Waals surface area (Å²) in [5, 5.41) is 7.24. The lowest BCUT2D eigenvalue weighted by Gasteiger charge is -2.37. The summed E-state index contributed by atoms with van der Waals surface area (Å²) in [5.74, 6) is 0.0559. The number of benzene rings is 1. The SMILES string of the molecule is Cn1cc2c(F)c(NC(=O)N3CCc4c(N5CCN(C(=O)OC(C)(C)C)CC5)ccnc43)ccc2n1. The van der Waals surface area contributed by atoms with Gasteiger partial charge in [-0.15, -0.1) is 0 Å². The Hall–Kier alpha value is -3.89. The van der Waals surface area contributed by atoms with Crippen molar-refractivity contribution in [1.29, 1.82) is 0 Å². The second-order valence-corrected chi connectivity index (χ2v) is 10.1. The van der Waals surface area contributed by atoms with Crippen LogP contribution in [-0.2, 0) is 18.2 Å². The van der Waals surface area contributed by atoms with E-state index in [1.165, 1.54) is 10.7 Å². The summed E-state index contributed by atoms with van der Waals surface area (Å²) >= 11 is 0. The highest BCUT2D eigenvalue weighted by atomic mass is 19.1. The van der Waals surface area contributed by atoms with Crippen molar-refractivity contribution in [1.82, 2.24) is 19.7 Å². The zero-order chi connectivity index (χ0) is 25.6. The van der Waals surface area contributed by atoms with E-state index in [9.17, 15) is 14.0 Å². The van der Waals surface area contributed by atoms with Gasteiger partial charge in [-0.1, -0.05) is 0 Å². The average molecular weight is 496 g/mol. The minimum absolute atomic E-state index is 0.100. The smallest absolute Gasteiger partial charge is 0.410 e. The van der Waals surface area contributed by atoms with Crippen LogP contribution in [0, 0.1) is 5.82 Å². The summed E-state index contributed by atoms with van der Waals surface area (Å²) < 4.78 is 22.0. The maximum Gasteiger partial charge on any atom is 0.410 e. The lowest BCUT2D eigenvalue weighted by molar-refractivity contribution is 0.0240. The first-order valence-electron chi connectivity index (χ1n) is 12.0. The second kappa shape index (κ2) is 8.96. The Morgan fingerprint density at radius 3 is 2.56 bits per heavy atom. The van der Waals surface area contributed by atoms with Gasteiger partial charge in [0.15, 0.2) is 5.82 Å². The second-order valence-electron chi connectivity index (χ2n) is 10.1. The topological polar surface area (TPSA) is 95.8 Å². The van der Waals surface area contributed by atoms with Crippen LogP contribution in [0.3, 0.4) is 0 Å². The number of pyridine rings is 1. The summed E-state index contributed by atoms with van der Waals surface area (Å²) in [5.41, 5.74) is 2.07. The Kier molecular flexibility index (Phi) is 5.93. The number of halogens is 1. The molecule has 0 saturated carbocycles. The van der Waals surface area contributed by atoms with E-state index in [0.29, 0.717) is 55.9 Å². The number of piperazine rings is 1. The number of carbonyl (C=O) groups is 2. The maximum absolute atomic E-state index is 15.0. The molecule has 190 valence electrons. The van der Waals surface area contributed by atoms with Gasteiger partial charge in [-0.05, 0) is 45.4 Å². The van der Waals surface area contributed by atoms with Crippen LogP contribution in [0.4, 0.5) is 31.2 Å². The van der Waals surface area contributed by atoms with Crippen LogP contribution in [0.15, 0.2) is 30.6 Å². The van der Waals surface area contributed by atoms with E-state index in [1.54, 1.807) is 35.3 Å². The molecule has 1 N–H and O–H groups in total. The molecular formula is C25H30FN7O3. The summed E-state index contributed by atoms with van der Waals surface area (Å²) in [7, 11) is 1.72. The molecule has 1 fully saturated rings. The number of urea groups is 1. The van der Waals surface area contributed by atoms with Gasteiger partial charge in [-0.25, -0.2) is 19.0 Å². The van der Waals surface area contributed by atoms with Crippen LogP contribution in [0.25, 0.3) is 10.9 Å². The molecule has 2 aliphatic heterocycles. The molecule has 2 aliphatic rings. The summed E-state index contributed by atoms with van der Waals surface area (Å²) in [6.07, 6.45) is 3.61. The minimum Gasteiger partial charge on any atom is -0.444 e. The van der Waals surface area contributed by atoms with E-state index >= 15 is 0 Å². The van der Waals surface area contributed by atoms with E-state index in [4.69, 9.17) is 4.74 Å². The van der Waals surface area contributed by atoms with Gasteiger partial charge in [0.2, 0.25) is 0 Å². The number of aromatic nitrogens is 3. The first kappa shape index (κ1) is 23.8. The van der Waals surface area contributed by atoms with Crippen LogP contribution in [0.1, 0.15) is 26.3 Å². The zero-order valence-corrected chi connectivity index (χ0v) is 20.9. The Bertz CT molecular complexity index is 1330. The molecule has 1 saturated heterocycles. The highest BCUT2D eigenvalue weighted by Crippen LogP contribution is 2.35. The summed E-state index contributed by atoms with van der Waals surface area (Å²) in [4.78, 5) is 35.4. The van der Waals surface area contributed by atoms with Crippen molar-refractivity contribution in [2.75, 3.05) is 47.8 Å². The van der Waals surface area contributed by atoms with Crippen molar-refractivity contribution >= 4 is 40.2 Å². The zero-order valence-electron chi connectivity index (χ0n) is 20.9. The molecule has 0 atom stereocenters. The van der Waals surface area contributed by atoms with E-state index < -0.39 is 17.4 Å². The van der Waals surface area contributed by atoms with Crippen molar-refractivity contribution in [2.24, 2.45) is 7.05 Å². The fourth-order valence-electron chi connectivity index (χ4n) is 4.68. The number of rotatable bonds is 2. The van der Waals surface area contributed by atoms with Crippen molar-refractivity contribution in [2.45, 2.75) is 32.8 Å². The van der Waals surface area contributed by atoms with Crippen LogP contribution < -0.4 is 15.1 Å². The number of anilines is 3. The van der Waals surface area contributed by atoms with Crippen molar-refractivity contribution in [3.05, 3.63) is 42.0 Å². The molecule has 0 radical (unpaired) electrons. The van der Waals surface area contributed by atoms with Crippen LogP contribution in [-0.4, -0.2) is 70.1 Å². The molecule has 0 bridgehead atoms. The minimum atomic E-state index is -0.531. The fraction of sp³-hybridized carbons (Fsp3) is 0.440. The van der Waals surface area contributed by atoms with E-state index in [1.807, 2.05) is 26.8 Å². The molecule has 0 spiro atoms. The number of aryl methyl sites for hydroxylation is 1. The van der Waals surface area contributed by atoms with Gasteiger partial charge in [0.25, 0.3) is 0 Å². The maximum atomic E-state index is 15.0. The van der Waals surface area contributed by atoms with E-state index in [2.05, 4.69) is 20.3 Å². The Morgan fingerprint density at radius 2 is 1.83 bits per heavy atom. The summed E-state index contributed by atoms with van der Waals surface area (Å²) in [6.45, 7) is 8.41. The molecule has 5 rings (SSSR count). The number of amides is 3. The van der Waals surface area contributed by atoms with Gasteiger partial charge in [0.05, 0.1) is 16.6 Å². The highest BCUT2D eigenvalue weighted by molar-refractivity contribution is 6.04. The van der Waals surface area contributed by atoms with Crippen molar-refractivity contribution < 1.29 is 18.7 Å². The number of fused-ring (bicyclic) bond motifs is 2. The molecule has 1 aromatic carbocycles. The van der Waals surface area contributed by atoms with Gasteiger partial charge in [0.1, 0.15) is 11.4 Å². The monoisotopic (exact) mass is 495 g/mol. The molecule has 3 amide bonds. The third-order valence-corrected chi connectivity index (χ3v) is 6.35. The number of nitrogens with zero attached hydrogens (tertiary/aromatic N) is 6. The number of carbonyl (C=O) groups excluding carboxylic acids is 2. The predicted molar refractivity (Wildman–Crippen MR) is 135 cm³/mol. The van der Waals surface area contributed by atoms with Gasteiger partial charge >= 0.3 is 12.1 Å². The van der Waals surface area contributed by atoms with Gasteiger partial charge in [-0.2, -0.15) is 5.10 Å². The van der Waals surface area contributed by atoms with E-state index in [-0.39, 0.29) is 11.8 Å². The molecule has 36 heavy (non-hydrogen) atoms. The molecule has 3 aromatic rings. The van der Waals surface area contributed by atoms with Crippen LogP contribution in [0.5, 0.6) is 0 Å². The quantitative estimate of drug-likeness (QED) is 0.582. The standard InChI is InChI=1S/C25H30FN7O3/c1-25(2,3)36-24(35)32-13-11-31(12-14-32)20-7-9-27-22-16(20)8-10-33(22)23(34)28-19-6-5-18-17(21(19)26)15-30(4)29-18/h5-7,9,15H,8,10-14H2,1-4H3,(H,28,34). The Morgan fingerprint density at radius 1 is 1.08 bits per heavy atom. The number of hydrogen-bond donors (Lipinski definition) is 1. The van der Waals surface area contributed by atoms with Gasteiger partial charge < -0.3 is 19.9 Å². The van der Waals surface area contributed by atoms with Crippen molar-refractivity contribution in [3.8, 4) is 0 Å². The molecule has 4 heterocycles. The van der Waals surface area contributed by atoms with Crippen molar-refractivity contribution in [3.63, 3.8) is 0 Å². The third-order valence-electron chi connectivity index (χ3n) is 6.35. The van der Waals surface area contributed by atoms with Gasteiger partial charge in [0, 0.05) is 63.4 Å². The third kappa shape index (κ3) is 4.52. The molecule has 11 heteroatoms. The molecular weight excluding hydrogens is 465 g/mol. The largest absolute Gasteiger partial charge is 0.444 e. The predicted octanol–water partition coefficient (Wildman–Crippen LogP) is 3.76. The lowest BCUT2D eigenvalue weighted by Crippen LogP contribution is -2.50. The molecule has 2 aromatic heterocycles. The number of ether oxygens (including phenoxy) is 1. The number of hydrogen-bond acceptors (Lipinski definition) is 6. The van der Waals surface area contributed by atoms with Crippen LogP contribution in [0.2, 0.25) is 0 Å². The lowest BCUT2D eigenvalue weighted by atomic mass is 10.1.